The van der Waals surface area contributed by atoms with Crippen molar-refractivity contribution >= 4 is 17.9 Å². The van der Waals surface area contributed by atoms with Gasteiger partial charge in [-0.25, -0.2) is 4.39 Å². The summed E-state index contributed by atoms with van der Waals surface area (Å²) >= 11 is 0. The lowest BCUT2D eigenvalue weighted by Gasteiger charge is -2.11. The predicted molar refractivity (Wildman–Crippen MR) is 113 cm³/mol. The highest BCUT2D eigenvalue weighted by molar-refractivity contribution is 6.05. The van der Waals surface area contributed by atoms with Crippen molar-refractivity contribution < 1.29 is 23.8 Å². The van der Waals surface area contributed by atoms with Gasteiger partial charge in [0.05, 0.1) is 12.2 Å². The number of carbonyl (C=O) groups excluding carboxylic acids is 2. The Labute approximate surface area is 174 Å². The van der Waals surface area contributed by atoms with Crippen LogP contribution in [-0.2, 0) is 4.79 Å². The van der Waals surface area contributed by atoms with Gasteiger partial charge in [-0.05, 0) is 55.0 Å². The third kappa shape index (κ3) is 6.42. The lowest BCUT2D eigenvalue weighted by Crippen LogP contribution is -2.36. The molecule has 0 heterocycles. The zero-order chi connectivity index (χ0) is 21.9. The number of aliphatic hydroxyl groups excluding tert-OH is 1. The summed E-state index contributed by atoms with van der Waals surface area (Å²) in [6.45, 7) is 5.22. The Bertz CT molecular complexity index is 965. The Kier molecular flexibility index (Phi) is 8.53. The summed E-state index contributed by atoms with van der Waals surface area (Å²) in [5, 5.41) is 13.8. The number of nitrogens with one attached hydrogen (secondary N) is 2. The molecule has 0 atom stereocenters. The van der Waals surface area contributed by atoms with Crippen LogP contribution >= 0.6 is 0 Å². The molecular formula is C23H23FN2O4. The van der Waals surface area contributed by atoms with Crippen molar-refractivity contribution in [3.63, 3.8) is 0 Å². The molecule has 156 valence electrons. The SMILES string of the molecule is C=C/C(=C/C)Oc1ccc(/C=C(\NC(=O)c2ccccc2F)C(=O)NCCO)cc1. The number of ether oxygens (including phenoxy) is 1. The molecule has 0 spiro atoms. The van der Waals surface area contributed by atoms with E-state index in [1.807, 2.05) is 6.92 Å². The molecule has 2 aromatic carbocycles. The number of benzene rings is 2. The molecule has 0 aliphatic heterocycles. The minimum absolute atomic E-state index is 0.00615. The summed E-state index contributed by atoms with van der Waals surface area (Å²) < 4.78 is 19.5. The number of hydrogen-bond donors (Lipinski definition) is 3. The first-order valence-corrected chi connectivity index (χ1v) is 9.21. The summed E-state index contributed by atoms with van der Waals surface area (Å²) in [4.78, 5) is 24.8. The lowest BCUT2D eigenvalue weighted by molar-refractivity contribution is -0.117. The van der Waals surface area contributed by atoms with Gasteiger partial charge in [-0.1, -0.05) is 30.8 Å². The molecule has 0 aliphatic rings. The van der Waals surface area contributed by atoms with Crippen LogP contribution in [0.5, 0.6) is 5.75 Å². The number of rotatable bonds is 9. The number of allylic oxidation sites excluding steroid dienone is 2. The lowest BCUT2D eigenvalue weighted by atomic mass is 10.1. The highest BCUT2D eigenvalue weighted by Gasteiger charge is 2.16. The molecule has 0 saturated heterocycles. The standard InChI is InChI=1S/C23H23FN2O4/c1-3-17(4-2)30-18-11-9-16(10-12-18)15-21(23(29)25-13-14-27)26-22(28)19-7-5-6-8-20(19)24/h3-12,15,27H,1,13-14H2,2H3,(H,25,29)(H,26,28)/b17-4-,21-15-. The van der Waals surface area contributed by atoms with E-state index < -0.39 is 17.6 Å². The number of aliphatic hydroxyl groups is 1. The van der Waals surface area contributed by atoms with Crippen molar-refractivity contribution in [2.45, 2.75) is 6.92 Å². The zero-order valence-corrected chi connectivity index (χ0v) is 16.5. The van der Waals surface area contributed by atoms with Crippen LogP contribution in [0.15, 0.2) is 78.7 Å². The Morgan fingerprint density at radius 2 is 1.87 bits per heavy atom. The molecule has 0 radical (unpaired) electrons. The molecule has 0 aliphatic carbocycles. The van der Waals surface area contributed by atoms with E-state index in [1.54, 1.807) is 36.4 Å². The van der Waals surface area contributed by atoms with Gasteiger partial charge in [0.15, 0.2) is 0 Å². The Hall–Kier alpha value is -3.71. The van der Waals surface area contributed by atoms with Gasteiger partial charge in [0.1, 0.15) is 23.0 Å². The second-order valence-electron chi connectivity index (χ2n) is 6.04. The normalized spacial score (nSPS) is 11.6. The minimum atomic E-state index is -0.762. The molecular weight excluding hydrogens is 387 g/mol. The van der Waals surface area contributed by atoms with Crippen LogP contribution in [0.2, 0.25) is 0 Å². The van der Waals surface area contributed by atoms with E-state index in [-0.39, 0.29) is 24.4 Å². The van der Waals surface area contributed by atoms with Crippen molar-refractivity contribution in [3.05, 3.63) is 95.7 Å². The molecule has 0 fully saturated rings. The quantitative estimate of drug-likeness (QED) is 0.337. The molecule has 2 rings (SSSR count). The predicted octanol–water partition coefficient (Wildman–Crippen LogP) is 3.17. The molecule has 30 heavy (non-hydrogen) atoms. The largest absolute Gasteiger partial charge is 0.458 e. The first kappa shape index (κ1) is 22.6. The van der Waals surface area contributed by atoms with E-state index in [2.05, 4.69) is 17.2 Å². The maximum Gasteiger partial charge on any atom is 0.267 e. The van der Waals surface area contributed by atoms with Gasteiger partial charge < -0.3 is 20.5 Å². The molecule has 0 unspecified atom stereocenters. The molecule has 2 aromatic rings. The van der Waals surface area contributed by atoms with Gasteiger partial charge in [-0.2, -0.15) is 0 Å². The van der Waals surface area contributed by atoms with E-state index in [9.17, 15) is 14.0 Å². The second kappa shape index (κ2) is 11.3. The van der Waals surface area contributed by atoms with Crippen molar-refractivity contribution in [1.29, 1.82) is 0 Å². The van der Waals surface area contributed by atoms with Gasteiger partial charge in [0.2, 0.25) is 0 Å². The van der Waals surface area contributed by atoms with E-state index in [0.29, 0.717) is 17.1 Å². The minimum Gasteiger partial charge on any atom is -0.458 e. The van der Waals surface area contributed by atoms with Crippen LogP contribution < -0.4 is 15.4 Å². The van der Waals surface area contributed by atoms with E-state index >= 15 is 0 Å². The van der Waals surface area contributed by atoms with E-state index in [4.69, 9.17) is 9.84 Å². The fraction of sp³-hybridized carbons (Fsp3) is 0.130. The summed E-state index contributed by atoms with van der Waals surface area (Å²) in [7, 11) is 0. The maximum absolute atomic E-state index is 13.9. The molecule has 0 saturated carbocycles. The number of amides is 2. The molecule has 6 nitrogen and oxygen atoms in total. The molecule has 2 amide bonds. The van der Waals surface area contributed by atoms with E-state index in [0.717, 1.165) is 6.07 Å². The van der Waals surface area contributed by atoms with Crippen LogP contribution in [0.1, 0.15) is 22.8 Å². The van der Waals surface area contributed by atoms with Gasteiger partial charge in [-0.15, -0.1) is 0 Å². The zero-order valence-electron chi connectivity index (χ0n) is 16.5. The first-order valence-electron chi connectivity index (χ1n) is 9.21. The molecule has 7 heteroatoms. The average Bonchev–Trinajstić information content (AvgIpc) is 2.76. The third-order valence-electron chi connectivity index (χ3n) is 3.92. The third-order valence-corrected chi connectivity index (χ3v) is 3.92. The van der Waals surface area contributed by atoms with Crippen LogP contribution in [0.25, 0.3) is 6.08 Å². The Balaban J connectivity index is 2.26. The van der Waals surface area contributed by atoms with Crippen LogP contribution in [0.3, 0.4) is 0 Å². The number of carbonyl (C=O) groups is 2. The topological polar surface area (TPSA) is 87.7 Å². The van der Waals surface area contributed by atoms with Crippen molar-refractivity contribution in [2.24, 2.45) is 0 Å². The van der Waals surface area contributed by atoms with Crippen molar-refractivity contribution in [3.8, 4) is 5.75 Å². The smallest absolute Gasteiger partial charge is 0.267 e. The van der Waals surface area contributed by atoms with Gasteiger partial charge >= 0.3 is 0 Å². The summed E-state index contributed by atoms with van der Waals surface area (Å²) in [5.41, 5.74) is 0.321. The van der Waals surface area contributed by atoms with Crippen molar-refractivity contribution in [1.82, 2.24) is 10.6 Å². The monoisotopic (exact) mass is 410 g/mol. The van der Waals surface area contributed by atoms with Gasteiger partial charge in [0.25, 0.3) is 11.8 Å². The van der Waals surface area contributed by atoms with Gasteiger partial charge in [-0.3, -0.25) is 9.59 Å². The van der Waals surface area contributed by atoms with Crippen molar-refractivity contribution in [2.75, 3.05) is 13.2 Å². The second-order valence-corrected chi connectivity index (χ2v) is 6.04. The summed E-state index contributed by atoms with van der Waals surface area (Å²) in [5.74, 6) is -0.908. The van der Waals surface area contributed by atoms with Crippen LogP contribution in [0.4, 0.5) is 4.39 Å². The first-order chi connectivity index (χ1) is 14.5. The van der Waals surface area contributed by atoms with Crippen LogP contribution in [0, 0.1) is 5.82 Å². The Morgan fingerprint density at radius 3 is 2.47 bits per heavy atom. The molecule has 0 aromatic heterocycles. The molecule has 3 N–H and O–H groups in total. The number of halogens is 1. The highest BCUT2D eigenvalue weighted by Crippen LogP contribution is 2.17. The molecule has 0 bridgehead atoms. The maximum atomic E-state index is 13.9. The fourth-order valence-electron chi connectivity index (χ4n) is 2.41. The Morgan fingerprint density at radius 1 is 1.17 bits per heavy atom. The van der Waals surface area contributed by atoms with Gasteiger partial charge in [0, 0.05) is 6.54 Å². The highest BCUT2D eigenvalue weighted by atomic mass is 19.1. The number of hydrogen-bond acceptors (Lipinski definition) is 4. The fourth-order valence-corrected chi connectivity index (χ4v) is 2.41. The summed E-state index contributed by atoms with van der Waals surface area (Å²) in [6, 6.07) is 12.2. The average molecular weight is 410 g/mol. The summed E-state index contributed by atoms with van der Waals surface area (Å²) in [6.07, 6.45) is 4.79. The van der Waals surface area contributed by atoms with E-state index in [1.165, 1.54) is 24.3 Å². The van der Waals surface area contributed by atoms with Crippen LogP contribution in [-0.4, -0.2) is 30.1 Å².